The van der Waals surface area contributed by atoms with Crippen molar-refractivity contribution in [2.24, 2.45) is 0 Å². The third-order valence-corrected chi connectivity index (χ3v) is 5.79. The number of carbonyl (C=O) groups is 1. The van der Waals surface area contributed by atoms with Gasteiger partial charge in [-0.05, 0) is 41.3 Å². The minimum absolute atomic E-state index is 0.0279. The molecule has 152 valence electrons. The first-order valence-electron chi connectivity index (χ1n) is 10.4. The lowest BCUT2D eigenvalue weighted by Gasteiger charge is -2.29. The van der Waals surface area contributed by atoms with Crippen LogP contribution in [-0.2, 0) is 13.0 Å². The average Bonchev–Trinajstić information content (AvgIpc) is 3.20. The van der Waals surface area contributed by atoms with Gasteiger partial charge in [0.2, 0.25) is 0 Å². The highest BCUT2D eigenvalue weighted by Gasteiger charge is 2.25. The molecule has 3 heterocycles. The molecule has 0 atom stereocenters. The lowest BCUT2D eigenvalue weighted by molar-refractivity contribution is 0.0966. The molecule has 6 heteroatoms. The van der Waals surface area contributed by atoms with Gasteiger partial charge in [0.15, 0.2) is 0 Å². The molecule has 6 nitrogen and oxygen atoms in total. The second-order valence-electron chi connectivity index (χ2n) is 7.73. The molecule has 0 aliphatic carbocycles. The third-order valence-electron chi connectivity index (χ3n) is 5.79. The molecular weight excluding hydrogens is 374 g/mol. The van der Waals surface area contributed by atoms with Crippen molar-refractivity contribution in [3.05, 3.63) is 83.0 Å². The van der Waals surface area contributed by atoms with E-state index in [9.17, 15) is 4.79 Å². The Hall–Kier alpha value is -3.38. The Balaban J connectivity index is 1.38. The smallest absolute Gasteiger partial charge is 0.254 e. The van der Waals surface area contributed by atoms with Crippen LogP contribution in [0.15, 0.2) is 60.8 Å². The number of fused-ring (bicyclic) bond motifs is 1. The van der Waals surface area contributed by atoms with Crippen LogP contribution in [0.5, 0.6) is 0 Å². The second kappa shape index (κ2) is 8.16. The maximum atomic E-state index is 12.6. The predicted octanol–water partition coefficient (Wildman–Crippen LogP) is 3.07. The fourth-order valence-electron chi connectivity index (χ4n) is 4.20. The molecule has 0 spiro atoms. The van der Waals surface area contributed by atoms with Crippen LogP contribution in [0.1, 0.15) is 27.0 Å². The van der Waals surface area contributed by atoms with Gasteiger partial charge in [-0.1, -0.05) is 36.4 Å². The van der Waals surface area contributed by atoms with Crippen LogP contribution in [0.4, 0.5) is 17.2 Å². The highest BCUT2D eigenvalue weighted by atomic mass is 16.1. The first-order valence-corrected chi connectivity index (χ1v) is 10.4. The summed E-state index contributed by atoms with van der Waals surface area (Å²) in [6, 6.07) is 18.5. The number of nitrogens with zero attached hydrogens (tertiary/aromatic N) is 2. The molecule has 0 saturated carbocycles. The van der Waals surface area contributed by atoms with Crippen molar-refractivity contribution in [3.8, 4) is 0 Å². The van der Waals surface area contributed by atoms with E-state index in [1.165, 1.54) is 11.1 Å². The molecule has 1 fully saturated rings. The summed E-state index contributed by atoms with van der Waals surface area (Å²) in [5.41, 5.74) is 6.16. The summed E-state index contributed by atoms with van der Waals surface area (Å²) in [5.74, 6) is 0.714. The van der Waals surface area contributed by atoms with Crippen LogP contribution in [0.3, 0.4) is 0 Å². The van der Waals surface area contributed by atoms with Crippen molar-refractivity contribution in [1.29, 1.82) is 0 Å². The summed E-state index contributed by atoms with van der Waals surface area (Å²) < 4.78 is 0. The van der Waals surface area contributed by atoms with E-state index in [0.29, 0.717) is 6.54 Å². The minimum atomic E-state index is -0.0279. The standard InChI is InChI=1S/C24H25N5O/c30-24-23-20(16-27-24)18(14-17-4-2-1-3-5-17)6-8-21(23)28-22-9-7-19(15-26-22)29-12-10-25-11-13-29/h1-9,15,25H,10-14,16H2,(H,26,28)(H,27,30). The maximum absolute atomic E-state index is 12.6. The molecule has 30 heavy (non-hydrogen) atoms. The second-order valence-corrected chi connectivity index (χ2v) is 7.73. The summed E-state index contributed by atoms with van der Waals surface area (Å²) >= 11 is 0. The SMILES string of the molecule is O=C1NCc2c(Cc3ccccc3)ccc(Nc3ccc(N4CCNCC4)cn3)c21. The largest absolute Gasteiger partial charge is 0.368 e. The molecule has 3 N–H and O–H groups in total. The average molecular weight is 399 g/mol. The van der Waals surface area contributed by atoms with E-state index in [-0.39, 0.29) is 5.91 Å². The molecule has 0 unspecified atom stereocenters. The number of hydrogen-bond acceptors (Lipinski definition) is 5. The summed E-state index contributed by atoms with van der Waals surface area (Å²) in [7, 11) is 0. The van der Waals surface area contributed by atoms with Gasteiger partial charge < -0.3 is 20.9 Å². The predicted molar refractivity (Wildman–Crippen MR) is 119 cm³/mol. The molecule has 1 saturated heterocycles. The topological polar surface area (TPSA) is 69.3 Å². The van der Waals surface area contributed by atoms with Crippen LogP contribution in [0, 0.1) is 0 Å². The number of hydrogen-bond donors (Lipinski definition) is 3. The van der Waals surface area contributed by atoms with Crippen molar-refractivity contribution in [1.82, 2.24) is 15.6 Å². The zero-order valence-corrected chi connectivity index (χ0v) is 16.8. The van der Waals surface area contributed by atoms with E-state index in [1.54, 1.807) is 0 Å². The van der Waals surface area contributed by atoms with E-state index < -0.39 is 0 Å². The number of benzene rings is 2. The fraction of sp³-hybridized carbons (Fsp3) is 0.250. The van der Waals surface area contributed by atoms with Crippen LogP contribution in [-0.4, -0.2) is 37.1 Å². The third kappa shape index (κ3) is 3.74. The van der Waals surface area contributed by atoms with Crippen molar-refractivity contribution in [3.63, 3.8) is 0 Å². The number of nitrogens with one attached hydrogen (secondary N) is 3. The first kappa shape index (κ1) is 18.6. The zero-order chi connectivity index (χ0) is 20.3. The minimum Gasteiger partial charge on any atom is -0.368 e. The van der Waals surface area contributed by atoms with Crippen LogP contribution < -0.4 is 20.9 Å². The lowest BCUT2D eigenvalue weighted by Crippen LogP contribution is -2.43. The summed E-state index contributed by atoms with van der Waals surface area (Å²) in [4.78, 5) is 19.5. The number of rotatable bonds is 5. The number of anilines is 3. The van der Waals surface area contributed by atoms with Gasteiger partial charge in [-0.2, -0.15) is 0 Å². The molecule has 3 aromatic rings. The van der Waals surface area contributed by atoms with E-state index >= 15 is 0 Å². The van der Waals surface area contributed by atoms with Gasteiger partial charge in [0.25, 0.3) is 5.91 Å². The Morgan fingerprint density at radius 1 is 1.00 bits per heavy atom. The number of carbonyl (C=O) groups excluding carboxylic acids is 1. The normalized spacial score (nSPS) is 15.6. The summed E-state index contributed by atoms with van der Waals surface area (Å²) in [6.45, 7) is 4.55. The maximum Gasteiger partial charge on any atom is 0.254 e. The highest BCUT2D eigenvalue weighted by molar-refractivity contribution is 6.04. The van der Waals surface area contributed by atoms with E-state index in [1.807, 2.05) is 36.5 Å². The molecule has 1 aromatic heterocycles. The Morgan fingerprint density at radius 3 is 2.60 bits per heavy atom. The molecule has 1 amide bonds. The molecule has 0 radical (unpaired) electrons. The number of piperazine rings is 1. The summed E-state index contributed by atoms with van der Waals surface area (Å²) in [5, 5.41) is 9.69. The summed E-state index contributed by atoms with van der Waals surface area (Å²) in [6.07, 6.45) is 2.72. The number of aromatic nitrogens is 1. The van der Waals surface area contributed by atoms with Crippen molar-refractivity contribution in [2.45, 2.75) is 13.0 Å². The van der Waals surface area contributed by atoms with Crippen molar-refractivity contribution < 1.29 is 4.79 Å². The Bertz CT molecular complexity index is 1040. The fourth-order valence-corrected chi connectivity index (χ4v) is 4.20. The van der Waals surface area contributed by atoms with Gasteiger partial charge in [-0.25, -0.2) is 4.98 Å². The van der Waals surface area contributed by atoms with E-state index in [2.05, 4.69) is 50.1 Å². The molecule has 2 aliphatic heterocycles. The van der Waals surface area contributed by atoms with Gasteiger partial charge in [0.05, 0.1) is 23.1 Å². The van der Waals surface area contributed by atoms with E-state index in [0.717, 1.165) is 60.9 Å². The van der Waals surface area contributed by atoms with E-state index in [4.69, 9.17) is 0 Å². The monoisotopic (exact) mass is 399 g/mol. The molecule has 2 aliphatic rings. The molecule has 5 rings (SSSR count). The van der Waals surface area contributed by atoms with Gasteiger partial charge in [-0.3, -0.25) is 4.79 Å². The Labute approximate surface area is 176 Å². The van der Waals surface area contributed by atoms with Crippen LogP contribution in [0.2, 0.25) is 0 Å². The lowest BCUT2D eigenvalue weighted by atomic mass is 9.96. The van der Waals surface area contributed by atoms with Crippen LogP contribution >= 0.6 is 0 Å². The first-order chi connectivity index (χ1) is 14.8. The van der Waals surface area contributed by atoms with Gasteiger partial charge in [0.1, 0.15) is 5.82 Å². The Kier molecular flexibility index (Phi) is 5.07. The van der Waals surface area contributed by atoms with Gasteiger partial charge in [-0.15, -0.1) is 0 Å². The molecule has 0 bridgehead atoms. The molecule has 2 aromatic carbocycles. The van der Waals surface area contributed by atoms with Crippen LogP contribution in [0.25, 0.3) is 0 Å². The van der Waals surface area contributed by atoms with Crippen molar-refractivity contribution >= 4 is 23.1 Å². The highest BCUT2D eigenvalue weighted by Crippen LogP contribution is 2.31. The quantitative estimate of drug-likeness (QED) is 0.615. The number of amides is 1. The van der Waals surface area contributed by atoms with Gasteiger partial charge in [0, 0.05) is 32.7 Å². The molecular formula is C24H25N5O. The van der Waals surface area contributed by atoms with Gasteiger partial charge >= 0.3 is 0 Å². The zero-order valence-electron chi connectivity index (χ0n) is 16.8. The van der Waals surface area contributed by atoms with Crippen molar-refractivity contribution in [2.75, 3.05) is 36.4 Å². The number of pyridine rings is 1. The Morgan fingerprint density at radius 2 is 1.83 bits per heavy atom.